The molecule has 0 aromatic heterocycles. The Hall–Kier alpha value is -4.58. The standard InChI is InChI=1S/C39H45N3O7/c1-26(36(44)30-12-8-5-9-13-30)42(2)24-33-23-35(29-16-14-28(25-43)15-17-29)49-38(48-33)31-18-20-32(21-19-31)40-39(46)41-34(37(45)47-3)22-27-10-6-4-7-11-27/h4-21,26,33-36,38,43-44H,22-25H2,1-3H3,(H2,40,41,46)/t26-,33+,34+,35-,36-,38-/m1/s1. The number of carbonyl (C=O) groups excluding carboxylic acids is 2. The first-order valence-electron chi connectivity index (χ1n) is 16.5. The molecule has 1 saturated heterocycles. The number of esters is 1. The Morgan fingerprint density at radius 1 is 0.878 bits per heavy atom. The van der Waals surface area contributed by atoms with Crippen LogP contribution in [0.2, 0.25) is 0 Å². The Bertz CT molecular complexity index is 1620. The number of nitrogens with zero attached hydrogens (tertiary/aromatic N) is 1. The van der Waals surface area contributed by atoms with Crippen LogP contribution in [0.5, 0.6) is 0 Å². The molecule has 49 heavy (non-hydrogen) atoms. The summed E-state index contributed by atoms with van der Waals surface area (Å²) in [4.78, 5) is 27.4. The van der Waals surface area contributed by atoms with Gasteiger partial charge < -0.3 is 35.1 Å². The van der Waals surface area contributed by atoms with Crippen LogP contribution in [0.4, 0.5) is 10.5 Å². The summed E-state index contributed by atoms with van der Waals surface area (Å²) in [5.41, 5.74) is 4.83. The molecule has 0 unspecified atom stereocenters. The van der Waals surface area contributed by atoms with Crippen molar-refractivity contribution in [1.29, 1.82) is 0 Å². The molecule has 10 heteroatoms. The van der Waals surface area contributed by atoms with Crippen LogP contribution in [0.15, 0.2) is 109 Å². The third-order valence-corrected chi connectivity index (χ3v) is 8.91. The Morgan fingerprint density at radius 3 is 2.14 bits per heavy atom. The van der Waals surface area contributed by atoms with Crippen LogP contribution in [-0.2, 0) is 32.0 Å². The number of urea groups is 1. The van der Waals surface area contributed by atoms with Gasteiger partial charge >= 0.3 is 12.0 Å². The molecule has 0 bridgehead atoms. The topological polar surface area (TPSA) is 130 Å². The number of amides is 2. The van der Waals surface area contributed by atoms with E-state index in [1.807, 2.05) is 111 Å². The second-order valence-corrected chi connectivity index (χ2v) is 12.4. The van der Waals surface area contributed by atoms with Gasteiger partial charge in [-0.15, -0.1) is 0 Å². The Morgan fingerprint density at radius 2 is 1.51 bits per heavy atom. The average Bonchev–Trinajstić information content (AvgIpc) is 3.14. The third kappa shape index (κ3) is 9.75. The van der Waals surface area contributed by atoms with Crippen LogP contribution in [0.25, 0.3) is 0 Å². The van der Waals surface area contributed by atoms with Crippen LogP contribution in [0.1, 0.15) is 59.7 Å². The monoisotopic (exact) mass is 667 g/mol. The number of rotatable bonds is 13. The highest BCUT2D eigenvalue weighted by molar-refractivity contribution is 5.92. The summed E-state index contributed by atoms with van der Waals surface area (Å²) < 4.78 is 17.9. The van der Waals surface area contributed by atoms with E-state index in [-0.39, 0.29) is 24.9 Å². The predicted molar refractivity (Wildman–Crippen MR) is 186 cm³/mol. The highest BCUT2D eigenvalue weighted by Crippen LogP contribution is 2.38. The maximum absolute atomic E-state index is 12.9. The Labute approximate surface area is 287 Å². The van der Waals surface area contributed by atoms with E-state index in [4.69, 9.17) is 14.2 Å². The van der Waals surface area contributed by atoms with Gasteiger partial charge in [-0.1, -0.05) is 97.1 Å². The number of aliphatic hydroxyl groups is 2. The molecular weight excluding hydrogens is 622 g/mol. The highest BCUT2D eigenvalue weighted by atomic mass is 16.7. The zero-order chi connectivity index (χ0) is 34.8. The van der Waals surface area contributed by atoms with Gasteiger partial charge in [-0.25, -0.2) is 9.59 Å². The zero-order valence-electron chi connectivity index (χ0n) is 28.1. The molecule has 4 aromatic rings. The quantitative estimate of drug-likeness (QED) is 0.134. The first-order valence-corrected chi connectivity index (χ1v) is 16.5. The number of benzene rings is 4. The minimum atomic E-state index is -0.856. The second kappa shape index (κ2) is 17.2. The molecule has 1 heterocycles. The number of hydrogen-bond acceptors (Lipinski definition) is 8. The fraction of sp³-hybridized carbons (Fsp3) is 0.333. The summed E-state index contributed by atoms with van der Waals surface area (Å²) in [5.74, 6) is -0.536. The summed E-state index contributed by atoms with van der Waals surface area (Å²) in [6.07, 6.45) is -0.968. The van der Waals surface area contributed by atoms with Crippen LogP contribution in [-0.4, -0.2) is 66.0 Å². The number of likely N-dealkylation sites (N-methyl/N-ethyl adjacent to an activating group) is 1. The van der Waals surface area contributed by atoms with Gasteiger partial charge in [0.1, 0.15) is 6.04 Å². The van der Waals surface area contributed by atoms with Crippen molar-refractivity contribution < 1.29 is 34.0 Å². The van der Waals surface area contributed by atoms with Crippen molar-refractivity contribution in [3.63, 3.8) is 0 Å². The maximum atomic E-state index is 12.9. The molecule has 1 aliphatic rings. The van der Waals surface area contributed by atoms with Gasteiger partial charge in [0, 0.05) is 36.7 Å². The second-order valence-electron chi connectivity index (χ2n) is 12.4. The van der Waals surface area contributed by atoms with Crippen LogP contribution in [0, 0.1) is 0 Å². The van der Waals surface area contributed by atoms with Gasteiger partial charge in [0.25, 0.3) is 0 Å². The average molecular weight is 668 g/mol. The number of ether oxygens (including phenoxy) is 3. The number of anilines is 1. The molecule has 4 N–H and O–H groups in total. The van der Waals surface area contributed by atoms with E-state index in [9.17, 15) is 19.8 Å². The molecule has 258 valence electrons. The van der Waals surface area contributed by atoms with Gasteiger partial charge in [0.15, 0.2) is 6.29 Å². The van der Waals surface area contributed by atoms with Crippen LogP contribution < -0.4 is 10.6 Å². The molecule has 10 nitrogen and oxygen atoms in total. The Balaban J connectivity index is 1.27. The van der Waals surface area contributed by atoms with E-state index >= 15 is 0 Å². The lowest BCUT2D eigenvalue weighted by atomic mass is 9.98. The van der Waals surface area contributed by atoms with Crippen LogP contribution in [0.3, 0.4) is 0 Å². The lowest BCUT2D eigenvalue weighted by molar-refractivity contribution is -0.253. The van der Waals surface area contributed by atoms with Crippen molar-refractivity contribution in [2.24, 2.45) is 0 Å². The fourth-order valence-electron chi connectivity index (χ4n) is 5.92. The number of hydrogen-bond donors (Lipinski definition) is 4. The van der Waals surface area contributed by atoms with Gasteiger partial charge in [-0.05, 0) is 48.4 Å². The number of methoxy groups -OCH3 is 1. The van der Waals surface area contributed by atoms with Crippen LogP contribution >= 0.6 is 0 Å². The molecule has 1 fully saturated rings. The van der Waals surface area contributed by atoms with Crippen molar-refractivity contribution in [3.05, 3.63) is 137 Å². The summed E-state index contributed by atoms with van der Waals surface area (Å²) in [7, 11) is 3.27. The number of aliphatic hydroxyl groups excluding tert-OH is 2. The SMILES string of the molecule is COC(=O)[C@H](Cc1ccccc1)NC(=O)Nc1ccc([C@@H]2O[C@H](CN(C)[C@H](C)[C@@H](O)c3ccccc3)C[C@H](c3ccc(CO)cc3)O2)cc1. The molecule has 0 radical (unpaired) electrons. The van der Waals surface area contributed by atoms with E-state index in [1.165, 1.54) is 7.11 Å². The van der Waals surface area contributed by atoms with E-state index in [0.29, 0.717) is 25.1 Å². The van der Waals surface area contributed by atoms with E-state index < -0.39 is 30.4 Å². The first-order chi connectivity index (χ1) is 23.7. The molecule has 2 amide bonds. The zero-order valence-corrected chi connectivity index (χ0v) is 28.1. The van der Waals surface area contributed by atoms with Gasteiger partial charge in [-0.2, -0.15) is 0 Å². The third-order valence-electron chi connectivity index (χ3n) is 8.91. The molecule has 6 atom stereocenters. The normalized spacial score (nSPS) is 19.4. The van der Waals surface area contributed by atoms with Crippen molar-refractivity contribution in [3.8, 4) is 0 Å². The Kier molecular flexibility index (Phi) is 12.5. The molecular formula is C39H45N3O7. The fourth-order valence-corrected chi connectivity index (χ4v) is 5.92. The predicted octanol–water partition coefficient (Wildman–Crippen LogP) is 5.68. The molecule has 1 aliphatic heterocycles. The van der Waals surface area contributed by atoms with E-state index in [0.717, 1.165) is 27.8 Å². The first kappa shape index (κ1) is 35.7. The summed E-state index contributed by atoms with van der Waals surface area (Å²) >= 11 is 0. The van der Waals surface area contributed by atoms with Crippen molar-refractivity contribution in [1.82, 2.24) is 10.2 Å². The van der Waals surface area contributed by atoms with E-state index in [1.54, 1.807) is 12.1 Å². The highest BCUT2D eigenvalue weighted by Gasteiger charge is 2.34. The lowest BCUT2D eigenvalue weighted by Crippen LogP contribution is -2.45. The molecule has 5 rings (SSSR count). The summed E-state index contributed by atoms with van der Waals surface area (Å²) in [5, 5.41) is 26.1. The number of carbonyl (C=O) groups is 2. The van der Waals surface area contributed by atoms with E-state index in [2.05, 4.69) is 15.5 Å². The molecule has 0 aliphatic carbocycles. The molecule has 0 saturated carbocycles. The minimum absolute atomic E-state index is 0.0403. The van der Waals surface area contributed by atoms with Gasteiger partial charge in [-0.3, -0.25) is 4.90 Å². The minimum Gasteiger partial charge on any atom is -0.467 e. The largest absolute Gasteiger partial charge is 0.467 e. The van der Waals surface area contributed by atoms with Crippen molar-refractivity contribution in [2.75, 3.05) is 26.0 Å². The maximum Gasteiger partial charge on any atom is 0.328 e. The van der Waals surface area contributed by atoms with Crippen molar-refractivity contribution >= 4 is 17.7 Å². The van der Waals surface area contributed by atoms with Gasteiger partial charge in [0.05, 0.1) is 32.0 Å². The van der Waals surface area contributed by atoms with Gasteiger partial charge in [0.2, 0.25) is 0 Å². The smallest absolute Gasteiger partial charge is 0.328 e. The lowest BCUT2D eigenvalue weighted by Gasteiger charge is -2.39. The summed E-state index contributed by atoms with van der Waals surface area (Å²) in [6.45, 7) is 2.51. The summed E-state index contributed by atoms with van der Waals surface area (Å²) in [6, 6.07) is 32.3. The molecule has 4 aromatic carbocycles. The van der Waals surface area contributed by atoms with Crippen molar-refractivity contribution in [2.45, 2.75) is 63.1 Å². The number of nitrogens with one attached hydrogen (secondary N) is 2. The molecule has 0 spiro atoms.